The van der Waals surface area contributed by atoms with Crippen molar-refractivity contribution in [3.63, 3.8) is 0 Å². The van der Waals surface area contributed by atoms with Gasteiger partial charge in [-0.05, 0) is 41.7 Å². The maximum Gasteiger partial charge on any atom is 0.142 e. The van der Waals surface area contributed by atoms with Gasteiger partial charge < -0.3 is 10.1 Å². The highest BCUT2D eigenvalue weighted by atomic mass is 79.9. The number of nitrogens with one attached hydrogen (secondary N) is 1. The average molecular weight is 356 g/mol. The van der Waals surface area contributed by atoms with Crippen molar-refractivity contribution in [2.24, 2.45) is 5.92 Å². The van der Waals surface area contributed by atoms with Crippen LogP contribution < -0.4 is 10.1 Å². The SMILES string of the molecule is COc1cccc2c1N[C@@H](c1ccc(Br)cc1)[C@@H]1CC=C[C@@H]21. The van der Waals surface area contributed by atoms with Gasteiger partial charge in [0.15, 0.2) is 0 Å². The topological polar surface area (TPSA) is 21.3 Å². The molecule has 112 valence electrons. The normalized spacial score (nSPS) is 25.3. The second kappa shape index (κ2) is 5.47. The Hall–Kier alpha value is -1.74. The Morgan fingerprint density at radius 2 is 1.95 bits per heavy atom. The van der Waals surface area contributed by atoms with Crippen molar-refractivity contribution in [1.29, 1.82) is 0 Å². The van der Waals surface area contributed by atoms with Crippen molar-refractivity contribution >= 4 is 21.6 Å². The van der Waals surface area contributed by atoms with Gasteiger partial charge in [0.25, 0.3) is 0 Å². The van der Waals surface area contributed by atoms with E-state index in [-0.39, 0.29) is 0 Å². The van der Waals surface area contributed by atoms with Crippen LogP contribution in [0.1, 0.15) is 29.5 Å². The van der Waals surface area contributed by atoms with E-state index in [1.807, 2.05) is 6.07 Å². The standard InChI is InChI=1S/C19H18BrNO/c1-22-17-7-3-6-16-14-4-2-5-15(14)18(21-19(16)17)12-8-10-13(20)11-9-12/h2-4,6-11,14-15,18,21H,5H2,1H3/t14-,15-,18+/m1/s1. The molecule has 3 atom stereocenters. The minimum absolute atomic E-state index is 0.317. The molecule has 0 unspecified atom stereocenters. The quantitative estimate of drug-likeness (QED) is 0.739. The van der Waals surface area contributed by atoms with Gasteiger partial charge in [0.1, 0.15) is 5.75 Å². The molecule has 0 aromatic heterocycles. The molecule has 1 aliphatic carbocycles. The summed E-state index contributed by atoms with van der Waals surface area (Å²) in [6, 6.07) is 15.3. The number of benzene rings is 2. The number of hydrogen-bond acceptors (Lipinski definition) is 2. The van der Waals surface area contributed by atoms with E-state index in [0.717, 1.165) is 22.3 Å². The summed E-state index contributed by atoms with van der Waals surface area (Å²) in [7, 11) is 1.74. The van der Waals surface area contributed by atoms with Crippen molar-refractivity contribution in [1.82, 2.24) is 0 Å². The molecule has 3 heteroatoms. The van der Waals surface area contributed by atoms with E-state index >= 15 is 0 Å². The van der Waals surface area contributed by atoms with E-state index in [1.165, 1.54) is 11.1 Å². The minimum atomic E-state index is 0.317. The molecule has 0 saturated heterocycles. The van der Waals surface area contributed by atoms with Crippen LogP contribution in [0.5, 0.6) is 5.75 Å². The van der Waals surface area contributed by atoms with Crippen LogP contribution in [0.4, 0.5) is 5.69 Å². The molecule has 4 rings (SSSR count). The maximum absolute atomic E-state index is 5.57. The van der Waals surface area contributed by atoms with Gasteiger partial charge in [-0.1, -0.05) is 52.3 Å². The number of anilines is 1. The van der Waals surface area contributed by atoms with Crippen LogP contribution in [0.3, 0.4) is 0 Å². The Morgan fingerprint density at radius 1 is 1.14 bits per heavy atom. The second-order valence-electron chi connectivity index (χ2n) is 5.95. The van der Waals surface area contributed by atoms with E-state index in [0.29, 0.717) is 17.9 Å². The third-order valence-corrected chi connectivity index (χ3v) is 5.34. The molecule has 2 aliphatic rings. The molecular weight excluding hydrogens is 338 g/mol. The lowest BCUT2D eigenvalue weighted by atomic mass is 9.77. The molecule has 2 aromatic rings. The highest BCUT2D eigenvalue weighted by Gasteiger charge is 2.38. The van der Waals surface area contributed by atoms with Crippen molar-refractivity contribution in [2.45, 2.75) is 18.4 Å². The summed E-state index contributed by atoms with van der Waals surface area (Å²) < 4.78 is 6.69. The molecule has 1 heterocycles. The number of halogens is 1. The zero-order valence-corrected chi connectivity index (χ0v) is 14.0. The van der Waals surface area contributed by atoms with Crippen molar-refractivity contribution in [3.05, 3.63) is 70.2 Å². The summed E-state index contributed by atoms with van der Waals surface area (Å²) >= 11 is 3.52. The molecule has 0 spiro atoms. The lowest BCUT2D eigenvalue weighted by Crippen LogP contribution is -2.29. The first-order valence-corrected chi connectivity index (χ1v) is 8.43. The Bertz CT molecular complexity index is 723. The van der Waals surface area contributed by atoms with Gasteiger partial charge in [0.2, 0.25) is 0 Å². The van der Waals surface area contributed by atoms with Gasteiger partial charge in [0.05, 0.1) is 18.8 Å². The molecular formula is C19H18BrNO. The van der Waals surface area contributed by atoms with E-state index < -0.39 is 0 Å². The Kier molecular flexibility index (Phi) is 3.45. The van der Waals surface area contributed by atoms with Crippen LogP contribution in [0.25, 0.3) is 0 Å². The first-order chi connectivity index (χ1) is 10.8. The predicted octanol–water partition coefficient (Wildman–Crippen LogP) is 5.28. The molecule has 0 saturated carbocycles. The lowest BCUT2D eigenvalue weighted by Gasteiger charge is -2.38. The summed E-state index contributed by atoms with van der Waals surface area (Å²) in [6.07, 6.45) is 5.79. The monoisotopic (exact) mass is 355 g/mol. The fourth-order valence-electron chi connectivity index (χ4n) is 3.76. The highest BCUT2D eigenvalue weighted by Crippen LogP contribution is 2.52. The number of hydrogen-bond donors (Lipinski definition) is 1. The summed E-state index contributed by atoms with van der Waals surface area (Å²) in [5.74, 6) is 1.97. The molecule has 0 bridgehead atoms. The number of rotatable bonds is 2. The summed E-state index contributed by atoms with van der Waals surface area (Å²) in [5, 5.41) is 3.74. The number of para-hydroxylation sites is 1. The van der Waals surface area contributed by atoms with E-state index in [1.54, 1.807) is 7.11 Å². The second-order valence-corrected chi connectivity index (χ2v) is 6.87. The molecule has 1 aliphatic heterocycles. The van der Waals surface area contributed by atoms with E-state index in [4.69, 9.17) is 4.74 Å². The largest absolute Gasteiger partial charge is 0.495 e. The summed E-state index contributed by atoms with van der Waals surface area (Å²) in [5.41, 5.74) is 3.83. The number of methoxy groups -OCH3 is 1. The fourth-order valence-corrected chi connectivity index (χ4v) is 4.03. The van der Waals surface area contributed by atoms with Crippen molar-refractivity contribution < 1.29 is 4.74 Å². The zero-order valence-electron chi connectivity index (χ0n) is 12.4. The van der Waals surface area contributed by atoms with Crippen molar-refractivity contribution in [3.8, 4) is 5.75 Å². The van der Waals surface area contributed by atoms with Gasteiger partial charge in [0, 0.05) is 10.4 Å². The summed E-state index contributed by atoms with van der Waals surface area (Å²) in [4.78, 5) is 0. The molecule has 2 nitrogen and oxygen atoms in total. The first-order valence-electron chi connectivity index (χ1n) is 7.63. The van der Waals surface area contributed by atoms with Crippen molar-refractivity contribution in [2.75, 3.05) is 12.4 Å². The van der Waals surface area contributed by atoms with Crippen LogP contribution >= 0.6 is 15.9 Å². The van der Waals surface area contributed by atoms with Crippen LogP contribution in [0, 0.1) is 5.92 Å². The third-order valence-electron chi connectivity index (χ3n) is 4.81. The Morgan fingerprint density at radius 3 is 2.73 bits per heavy atom. The highest BCUT2D eigenvalue weighted by molar-refractivity contribution is 9.10. The number of fused-ring (bicyclic) bond motifs is 3. The van der Waals surface area contributed by atoms with Gasteiger partial charge in [-0.25, -0.2) is 0 Å². The van der Waals surface area contributed by atoms with Gasteiger partial charge in [-0.15, -0.1) is 0 Å². The van der Waals surface area contributed by atoms with E-state index in [2.05, 4.69) is 69.8 Å². The van der Waals surface area contributed by atoms with Gasteiger partial charge >= 0.3 is 0 Å². The van der Waals surface area contributed by atoms with Crippen LogP contribution in [-0.4, -0.2) is 7.11 Å². The number of allylic oxidation sites excluding steroid dienone is 2. The van der Waals surface area contributed by atoms with Crippen LogP contribution in [-0.2, 0) is 0 Å². The Balaban J connectivity index is 1.81. The lowest BCUT2D eigenvalue weighted by molar-refractivity contribution is 0.397. The van der Waals surface area contributed by atoms with Gasteiger partial charge in [-0.2, -0.15) is 0 Å². The molecule has 0 radical (unpaired) electrons. The third kappa shape index (κ3) is 2.15. The Labute approximate surface area is 139 Å². The van der Waals surface area contributed by atoms with E-state index in [9.17, 15) is 0 Å². The minimum Gasteiger partial charge on any atom is -0.495 e. The molecule has 22 heavy (non-hydrogen) atoms. The zero-order chi connectivity index (χ0) is 15.1. The fraction of sp³-hybridized carbons (Fsp3) is 0.263. The summed E-state index contributed by atoms with van der Waals surface area (Å²) in [6.45, 7) is 0. The molecule has 1 N–H and O–H groups in total. The van der Waals surface area contributed by atoms with Crippen LogP contribution in [0.15, 0.2) is 59.1 Å². The predicted molar refractivity (Wildman–Crippen MR) is 93.5 cm³/mol. The number of ether oxygens (including phenoxy) is 1. The first kappa shape index (κ1) is 13.9. The molecule has 0 amide bonds. The van der Waals surface area contributed by atoms with Crippen LogP contribution in [0.2, 0.25) is 0 Å². The smallest absolute Gasteiger partial charge is 0.142 e. The molecule has 2 aromatic carbocycles. The molecule has 0 fully saturated rings. The maximum atomic E-state index is 5.57. The average Bonchev–Trinajstić information content (AvgIpc) is 3.04. The van der Waals surface area contributed by atoms with Gasteiger partial charge in [-0.3, -0.25) is 0 Å².